The van der Waals surface area contributed by atoms with Crippen LogP contribution in [0.2, 0.25) is 4.34 Å². The molecule has 1 aromatic heterocycles. The van der Waals surface area contributed by atoms with Crippen LogP contribution in [0.4, 0.5) is 0 Å². The van der Waals surface area contributed by atoms with Gasteiger partial charge in [-0.2, -0.15) is 0 Å². The fraction of sp³-hybridized carbons (Fsp3) is 0.143. The Bertz CT molecular complexity index is 1180. The largest absolute Gasteiger partial charge is 0.460 e. The Hall–Kier alpha value is -3.07. The summed E-state index contributed by atoms with van der Waals surface area (Å²) in [5, 5.41) is 1.41. The van der Waals surface area contributed by atoms with Gasteiger partial charge < -0.3 is 4.74 Å². The summed E-state index contributed by atoms with van der Waals surface area (Å²) in [4.78, 5) is 55.2. The molecule has 0 saturated heterocycles. The molecule has 0 unspecified atom stereocenters. The van der Waals surface area contributed by atoms with Crippen LogP contribution < -0.4 is 0 Å². The number of benzene rings is 2. The SMILES string of the molecule is CCOC(=O)C(=O)c1ccc2cc(Cl)sc2c1CON1C(=O)c2ccccc2C1=O. The summed E-state index contributed by atoms with van der Waals surface area (Å²) in [5.74, 6) is -3.03. The van der Waals surface area contributed by atoms with Gasteiger partial charge in [-0.1, -0.05) is 29.8 Å². The fourth-order valence-electron chi connectivity index (χ4n) is 3.21. The highest BCUT2D eigenvalue weighted by Crippen LogP contribution is 2.35. The van der Waals surface area contributed by atoms with Crippen molar-refractivity contribution >= 4 is 56.6 Å². The van der Waals surface area contributed by atoms with Crippen molar-refractivity contribution in [2.24, 2.45) is 0 Å². The first-order valence-corrected chi connectivity index (χ1v) is 10.1. The number of imide groups is 1. The van der Waals surface area contributed by atoms with Crippen molar-refractivity contribution in [3.63, 3.8) is 0 Å². The van der Waals surface area contributed by atoms with E-state index in [9.17, 15) is 19.2 Å². The van der Waals surface area contributed by atoms with Gasteiger partial charge in [-0.25, -0.2) is 4.79 Å². The molecule has 0 spiro atoms. The van der Waals surface area contributed by atoms with Crippen molar-refractivity contribution in [2.75, 3.05) is 6.61 Å². The quantitative estimate of drug-likeness (QED) is 0.247. The van der Waals surface area contributed by atoms with Crippen molar-refractivity contribution in [3.05, 3.63) is 69.1 Å². The molecular formula is C21H14ClNO6S. The van der Waals surface area contributed by atoms with Crippen LogP contribution in [0.15, 0.2) is 42.5 Å². The predicted octanol–water partition coefficient (Wildman–Crippen LogP) is 4.03. The van der Waals surface area contributed by atoms with Crippen molar-refractivity contribution in [1.82, 2.24) is 5.06 Å². The first-order chi connectivity index (χ1) is 14.4. The van der Waals surface area contributed by atoms with Crippen molar-refractivity contribution in [1.29, 1.82) is 0 Å². The topological polar surface area (TPSA) is 90.0 Å². The van der Waals surface area contributed by atoms with Crippen LogP contribution in [-0.2, 0) is 21.0 Å². The van der Waals surface area contributed by atoms with E-state index in [2.05, 4.69) is 0 Å². The molecule has 2 aromatic carbocycles. The fourth-order valence-corrected chi connectivity index (χ4v) is 4.47. The van der Waals surface area contributed by atoms with Gasteiger partial charge in [-0.3, -0.25) is 19.2 Å². The van der Waals surface area contributed by atoms with Crippen LogP contribution in [0.3, 0.4) is 0 Å². The number of nitrogens with zero attached hydrogens (tertiary/aromatic N) is 1. The molecule has 0 atom stereocenters. The number of amides is 2. The van der Waals surface area contributed by atoms with Crippen molar-refractivity contribution < 1.29 is 28.8 Å². The zero-order chi connectivity index (χ0) is 21.4. The van der Waals surface area contributed by atoms with E-state index in [0.29, 0.717) is 19.7 Å². The Balaban J connectivity index is 1.69. The average Bonchev–Trinajstić information content (AvgIpc) is 3.23. The number of fused-ring (bicyclic) bond motifs is 2. The highest BCUT2D eigenvalue weighted by molar-refractivity contribution is 7.22. The zero-order valence-corrected chi connectivity index (χ0v) is 17.2. The smallest absolute Gasteiger partial charge is 0.379 e. The van der Waals surface area contributed by atoms with E-state index in [-0.39, 0.29) is 29.9 Å². The Morgan fingerprint density at radius 1 is 1.07 bits per heavy atom. The van der Waals surface area contributed by atoms with Gasteiger partial charge in [0.1, 0.15) is 6.61 Å². The molecule has 0 saturated carbocycles. The molecule has 0 aliphatic carbocycles. The monoisotopic (exact) mass is 443 g/mol. The number of Topliss-reactive ketones (excluding diaryl/α,β-unsaturated/α-hetero) is 1. The third-order valence-corrected chi connectivity index (χ3v) is 5.90. The van der Waals surface area contributed by atoms with E-state index < -0.39 is 23.6 Å². The maximum Gasteiger partial charge on any atom is 0.379 e. The number of thiophene rings is 1. The second-order valence-electron chi connectivity index (χ2n) is 6.33. The number of hydrogen-bond acceptors (Lipinski definition) is 7. The molecule has 9 heteroatoms. The molecule has 0 fully saturated rings. The van der Waals surface area contributed by atoms with Crippen LogP contribution in [0.5, 0.6) is 0 Å². The summed E-state index contributed by atoms with van der Waals surface area (Å²) >= 11 is 7.32. The van der Waals surface area contributed by atoms with Crippen LogP contribution in [-0.4, -0.2) is 35.2 Å². The lowest BCUT2D eigenvalue weighted by Crippen LogP contribution is -2.30. The lowest BCUT2D eigenvalue weighted by atomic mass is 10.0. The minimum atomic E-state index is -0.999. The number of esters is 1. The lowest BCUT2D eigenvalue weighted by Gasteiger charge is -2.15. The van der Waals surface area contributed by atoms with Crippen LogP contribution >= 0.6 is 22.9 Å². The Labute approximate surface area is 179 Å². The van der Waals surface area contributed by atoms with Crippen LogP contribution in [0.25, 0.3) is 10.1 Å². The van der Waals surface area contributed by atoms with Crippen LogP contribution in [0, 0.1) is 0 Å². The van der Waals surface area contributed by atoms with E-state index in [1.165, 1.54) is 29.5 Å². The van der Waals surface area contributed by atoms with Gasteiger partial charge in [0.2, 0.25) is 0 Å². The molecule has 0 N–H and O–H groups in total. The molecular weight excluding hydrogens is 430 g/mol. The Kier molecular flexibility index (Phi) is 5.38. The van der Waals surface area contributed by atoms with E-state index in [0.717, 1.165) is 5.39 Å². The molecule has 1 aliphatic rings. The number of hydrogen-bond donors (Lipinski definition) is 0. The summed E-state index contributed by atoms with van der Waals surface area (Å²) in [6.45, 7) is 1.36. The van der Waals surface area contributed by atoms with Crippen molar-refractivity contribution in [3.8, 4) is 0 Å². The molecule has 2 amide bonds. The van der Waals surface area contributed by atoms with Gasteiger partial charge >= 0.3 is 5.97 Å². The number of carbonyl (C=O) groups excluding carboxylic acids is 4. The normalized spacial score (nSPS) is 13.1. The minimum absolute atomic E-state index is 0.0541. The number of carbonyl (C=O) groups is 4. The maximum absolute atomic E-state index is 12.6. The van der Waals surface area contributed by atoms with Crippen LogP contribution in [0.1, 0.15) is 43.6 Å². The molecule has 0 radical (unpaired) electrons. The lowest BCUT2D eigenvalue weighted by molar-refractivity contribution is -0.137. The van der Waals surface area contributed by atoms with E-state index in [1.807, 2.05) is 0 Å². The number of ketones is 1. The van der Waals surface area contributed by atoms with Gasteiger partial charge in [0.05, 0.1) is 22.1 Å². The number of hydroxylamine groups is 2. The molecule has 152 valence electrons. The average molecular weight is 444 g/mol. The van der Waals surface area contributed by atoms with E-state index in [1.54, 1.807) is 31.2 Å². The highest BCUT2D eigenvalue weighted by atomic mass is 35.5. The summed E-state index contributed by atoms with van der Waals surface area (Å²) in [7, 11) is 0. The molecule has 2 heterocycles. The van der Waals surface area contributed by atoms with Gasteiger partial charge in [0, 0.05) is 15.8 Å². The predicted molar refractivity (Wildman–Crippen MR) is 110 cm³/mol. The zero-order valence-electron chi connectivity index (χ0n) is 15.6. The standard InChI is InChI=1S/C21H14ClNO6S/c1-2-28-21(27)17(24)12-8-7-11-9-16(22)30-18(11)15(12)10-29-23-19(25)13-5-3-4-6-14(13)20(23)26/h3-9H,2,10H2,1H3. The first kappa shape index (κ1) is 20.2. The summed E-state index contributed by atoms with van der Waals surface area (Å²) in [6, 6.07) is 11.2. The van der Waals surface area contributed by atoms with Crippen molar-refractivity contribution in [2.45, 2.75) is 13.5 Å². The Morgan fingerprint density at radius 3 is 2.37 bits per heavy atom. The number of rotatable bonds is 6. The van der Waals surface area contributed by atoms with Gasteiger partial charge in [-0.05, 0) is 36.6 Å². The summed E-state index contributed by atoms with van der Waals surface area (Å²) in [6.07, 6.45) is 0. The van der Waals surface area contributed by atoms with E-state index >= 15 is 0 Å². The second-order valence-corrected chi connectivity index (χ2v) is 8.02. The maximum atomic E-state index is 12.6. The molecule has 0 bridgehead atoms. The highest BCUT2D eigenvalue weighted by Gasteiger charge is 2.37. The van der Waals surface area contributed by atoms with Gasteiger partial charge in [0.25, 0.3) is 17.6 Å². The second kappa shape index (κ2) is 7.98. The molecule has 4 rings (SSSR count). The molecule has 3 aromatic rings. The third-order valence-electron chi connectivity index (χ3n) is 4.56. The molecule has 7 nitrogen and oxygen atoms in total. The Morgan fingerprint density at radius 2 is 1.73 bits per heavy atom. The summed E-state index contributed by atoms with van der Waals surface area (Å²) < 4.78 is 5.91. The first-order valence-electron chi connectivity index (χ1n) is 8.95. The van der Waals surface area contributed by atoms with E-state index in [4.69, 9.17) is 21.2 Å². The van der Waals surface area contributed by atoms with Gasteiger partial charge in [-0.15, -0.1) is 16.4 Å². The number of ether oxygens (including phenoxy) is 1. The molecule has 1 aliphatic heterocycles. The molecule has 30 heavy (non-hydrogen) atoms. The minimum Gasteiger partial charge on any atom is -0.460 e. The number of halogens is 1. The third kappa shape index (κ3) is 3.39. The summed E-state index contributed by atoms with van der Waals surface area (Å²) in [5.41, 5.74) is 0.889. The van der Waals surface area contributed by atoms with Gasteiger partial charge in [0.15, 0.2) is 0 Å².